The van der Waals surface area contributed by atoms with E-state index in [0.717, 1.165) is 36.3 Å². The molecule has 0 bridgehead atoms. The van der Waals surface area contributed by atoms with Gasteiger partial charge in [-0.1, -0.05) is 31.5 Å². The number of aliphatic hydroxyl groups is 2. The van der Waals surface area contributed by atoms with E-state index in [-0.39, 0.29) is 6.61 Å². The summed E-state index contributed by atoms with van der Waals surface area (Å²) in [5.41, 5.74) is 2.81. The van der Waals surface area contributed by atoms with Gasteiger partial charge in [-0.05, 0) is 30.2 Å². The number of hydrogen-bond donors (Lipinski definition) is 3. The molecule has 3 N–H and O–H groups in total. The summed E-state index contributed by atoms with van der Waals surface area (Å²) in [4.78, 5) is 4.37. The molecule has 1 atom stereocenters. The van der Waals surface area contributed by atoms with Crippen molar-refractivity contribution in [3.8, 4) is 0 Å². The normalized spacial score (nSPS) is 14.8. The maximum atomic E-state index is 9.50. The maximum Gasteiger partial charge on any atom is 0.0845 e. The average molecular weight is 333 g/mol. The van der Waals surface area contributed by atoms with E-state index in [1.807, 2.05) is 19.9 Å². The van der Waals surface area contributed by atoms with Crippen LogP contribution in [-0.2, 0) is 6.42 Å². The fourth-order valence-corrected chi connectivity index (χ4v) is 2.31. The van der Waals surface area contributed by atoms with E-state index >= 15 is 0 Å². The first-order valence-corrected chi connectivity index (χ1v) is 7.79. The second-order valence-electron chi connectivity index (χ2n) is 4.40. The Balaban J connectivity index is 0.00000102. The third-order valence-electron chi connectivity index (χ3n) is 2.95. The predicted octanol–water partition coefficient (Wildman–Crippen LogP) is 2.62. The monoisotopic (exact) mass is 332 g/mol. The number of pyridine rings is 1. The van der Waals surface area contributed by atoms with Crippen LogP contribution in [0, 0.1) is 0 Å². The van der Waals surface area contributed by atoms with Crippen molar-refractivity contribution in [3.63, 3.8) is 0 Å². The summed E-state index contributed by atoms with van der Waals surface area (Å²) >= 11 is 6.22. The molecule has 22 heavy (non-hydrogen) atoms. The van der Waals surface area contributed by atoms with E-state index in [1.165, 1.54) is 0 Å². The maximum absolute atomic E-state index is 9.50. The number of alkyl halides is 1. The Hall–Kier alpha value is -1.01. The fraction of sp³-hybridized carbons (Fsp3) is 0.562. The van der Waals surface area contributed by atoms with Crippen LogP contribution in [0.15, 0.2) is 18.3 Å². The molecule has 0 saturated carbocycles. The molecule has 1 aliphatic rings. The lowest BCUT2D eigenvalue weighted by Crippen LogP contribution is -2.20. The van der Waals surface area contributed by atoms with E-state index in [2.05, 4.69) is 16.4 Å². The van der Waals surface area contributed by atoms with Gasteiger partial charge >= 0.3 is 0 Å². The Bertz CT molecular complexity index is 456. The van der Waals surface area contributed by atoms with Crippen LogP contribution in [0.5, 0.6) is 0 Å². The number of hydrogen-bond acceptors (Lipinski definition) is 4. The van der Waals surface area contributed by atoms with Crippen molar-refractivity contribution in [3.05, 3.63) is 34.6 Å². The van der Waals surface area contributed by atoms with E-state index in [4.69, 9.17) is 16.7 Å². The molecule has 0 amide bonds. The molecule has 2 heterocycles. The number of nitrogens with one attached hydrogen (secondary N) is 1. The molecule has 2 rings (SSSR count). The molecule has 0 aromatic carbocycles. The van der Waals surface area contributed by atoms with Crippen molar-refractivity contribution in [1.82, 2.24) is 10.3 Å². The number of rotatable bonds is 4. The molecule has 0 radical (unpaired) electrons. The molecule has 1 aliphatic heterocycles. The van der Waals surface area contributed by atoms with Crippen molar-refractivity contribution >= 4 is 17.2 Å². The predicted molar refractivity (Wildman–Crippen MR) is 89.9 cm³/mol. The number of nitrogens with zero attached hydrogens (tertiary/aromatic N) is 1. The van der Waals surface area contributed by atoms with Crippen molar-refractivity contribution in [2.24, 2.45) is 0 Å². The minimum Gasteiger partial charge on any atom is -0.394 e. The SMILES string of the molecule is CC.CF.OC[C@H](O)Cc1cnc(C2=CCNCC2)c(Cl)c1. The number of halogens is 2. The Morgan fingerprint density at radius 1 is 1.41 bits per heavy atom. The van der Waals surface area contributed by atoms with E-state index in [0.29, 0.717) is 18.6 Å². The van der Waals surface area contributed by atoms with Gasteiger partial charge in [0.15, 0.2) is 0 Å². The summed E-state index contributed by atoms with van der Waals surface area (Å²) in [6, 6.07) is 1.81. The van der Waals surface area contributed by atoms with E-state index in [9.17, 15) is 9.50 Å². The molecule has 0 fully saturated rings. The van der Waals surface area contributed by atoms with Crippen molar-refractivity contribution in [1.29, 1.82) is 0 Å². The largest absolute Gasteiger partial charge is 0.394 e. The van der Waals surface area contributed by atoms with Gasteiger partial charge < -0.3 is 15.5 Å². The minimum atomic E-state index is -0.758. The molecule has 0 saturated heterocycles. The van der Waals surface area contributed by atoms with E-state index < -0.39 is 6.10 Å². The van der Waals surface area contributed by atoms with Crippen LogP contribution in [0.25, 0.3) is 5.57 Å². The molecule has 1 aromatic heterocycles. The lowest BCUT2D eigenvalue weighted by molar-refractivity contribution is 0.0954. The van der Waals surface area contributed by atoms with Gasteiger partial charge in [0.2, 0.25) is 0 Å². The molecule has 4 nitrogen and oxygen atoms in total. The summed E-state index contributed by atoms with van der Waals surface area (Å²) in [6.45, 7) is 5.53. The van der Waals surface area contributed by atoms with Gasteiger partial charge in [-0.2, -0.15) is 0 Å². The lowest BCUT2D eigenvalue weighted by atomic mass is 10.0. The molecular formula is C16H26ClFN2O2. The lowest BCUT2D eigenvalue weighted by Gasteiger charge is -2.15. The first kappa shape index (κ1) is 21.0. The third-order valence-corrected chi connectivity index (χ3v) is 3.24. The van der Waals surface area contributed by atoms with Gasteiger partial charge in [-0.3, -0.25) is 9.37 Å². The van der Waals surface area contributed by atoms with Crippen LogP contribution < -0.4 is 5.32 Å². The van der Waals surface area contributed by atoms with Crippen LogP contribution in [0.1, 0.15) is 31.5 Å². The molecule has 126 valence electrons. The standard InChI is InChI=1S/C13H17ClN2O2.C2H6.CH3F/c14-12-6-9(5-11(18)8-17)7-16-13(12)10-1-3-15-4-2-10;2*1-2/h1,6-7,11,15,17-18H,2-5,8H2;1-2H3;1H3/t11-;;/m1../s1. The van der Waals surface area contributed by atoms with Gasteiger partial charge in [0.25, 0.3) is 0 Å². The van der Waals surface area contributed by atoms with Gasteiger partial charge in [-0.25, -0.2) is 0 Å². The van der Waals surface area contributed by atoms with Crippen LogP contribution in [0.2, 0.25) is 5.02 Å². The van der Waals surface area contributed by atoms with Crippen LogP contribution in [0.4, 0.5) is 4.39 Å². The van der Waals surface area contributed by atoms with E-state index in [1.54, 1.807) is 6.20 Å². The molecule has 0 spiro atoms. The Kier molecular flexibility index (Phi) is 12.0. The van der Waals surface area contributed by atoms with Crippen LogP contribution in [0.3, 0.4) is 0 Å². The Morgan fingerprint density at radius 3 is 2.59 bits per heavy atom. The quantitative estimate of drug-likeness (QED) is 0.793. The van der Waals surface area contributed by atoms with Gasteiger partial charge in [-0.15, -0.1) is 0 Å². The van der Waals surface area contributed by atoms with Crippen LogP contribution in [-0.4, -0.2) is 48.2 Å². The summed E-state index contributed by atoms with van der Waals surface area (Å²) in [5, 5.41) is 22.0. The first-order chi connectivity index (χ1) is 10.7. The molecule has 0 aliphatic carbocycles. The molecule has 6 heteroatoms. The summed E-state index contributed by atoms with van der Waals surface area (Å²) in [6.07, 6.45) is 4.34. The zero-order chi connectivity index (χ0) is 17.0. The van der Waals surface area contributed by atoms with Gasteiger partial charge in [0.1, 0.15) is 0 Å². The van der Waals surface area contributed by atoms with Crippen LogP contribution >= 0.6 is 11.6 Å². The first-order valence-electron chi connectivity index (χ1n) is 7.42. The summed E-state index contributed by atoms with van der Waals surface area (Å²) < 4.78 is 9.50. The Morgan fingerprint density at radius 2 is 2.09 bits per heavy atom. The highest BCUT2D eigenvalue weighted by atomic mass is 35.5. The Labute approximate surface area is 137 Å². The summed E-state index contributed by atoms with van der Waals surface area (Å²) in [5.74, 6) is 0. The highest BCUT2D eigenvalue weighted by molar-refractivity contribution is 6.32. The second kappa shape index (κ2) is 12.5. The highest BCUT2D eigenvalue weighted by Gasteiger charge is 2.12. The number of aliphatic hydroxyl groups excluding tert-OH is 2. The zero-order valence-electron chi connectivity index (χ0n) is 13.4. The van der Waals surface area contributed by atoms with Gasteiger partial charge in [0, 0.05) is 19.2 Å². The highest BCUT2D eigenvalue weighted by Crippen LogP contribution is 2.26. The van der Waals surface area contributed by atoms with Gasteiger partial charge in [0.05, 0.1) is 30.6 Å². The molecule has 0 unspecified atom stereocenters. The molecule has 1 aromatic rings. The third kappa shape index (κ3) is 6.83. The van der Waals surface area contributed by atoms with Crippen molar-refractivity contribution in [2.45, 2.75) is 32.8 Å². The average Bonchev–Trinajstić information content (AvgIpc) is 2.59. The smallest absolute Gasteiger partial charge is 0.0845 e. The minimum absolute atomic E-state index is 0.254. The number of aromatic nitrogens is 1. The summed E-state index contributed by atoms with van der Waals surface area (Å²) in [7, 11) is 0.500. The fourth-order valence-electron chi connectivity index (χ4n) is 2.00. The van der Waals surface area contributed by atoms with Crippen molar-refractivity contribution < 1.29 is 14.6 Å². The topological polar surface area (TPSA) is 65.4 Å². The second-order valence-corrected chi connectivity index (χ2v) is 4.81. The zero-order valence-corrected chi connectivity index (χ0v) is 14.2. The van der Waals surface area contributed by atoms with Crippen molar-refractivity contribution in [2.75, 3.05) is 26.9 Å². The molecular weight excluding hydrogens is 307 g/mol.